The van der Waals surface area contributed by atoms with Crippen LogP contribution in [-0.4, -0.2) is 26.8 Å². The first-order valence-corrected chi connectivity index (χ1v) is 9.31. The molecule has 0 N–H and O–H groups in total. The van der Waals surface area contributed by atoms with Crippen LogP contribution in [0.5, 0.6) is 5.75 Å². The monoisotopic (exact) mass is 388 g/mol. The number of benzene rings is 2. The minimum Gasteiger partial charge on any atom is -0.497 e. The van der Waals surface area contributed by atoms with Gasteiger partial charge in [0.2, 0.25) is 0 Å². The maximum absolute atomic E-state index is 12.9. The van der Waals surface area contributed by atoms with E-state index >= 15 is 0 Å². The van der Waals surface area contributed by atoms with E-state index in [1.54, 1.807) is 23.8 Å². The van der Waals surface area contributed by atoms with E-state index in [0.29, 0.717) is 34.9 Å². The van der Waals surface area contributed by atoms with Gasteiger partial charge in [0.1, 0.15) is 11.6 Å². The van der Waals surface area contributed by atoms with Crippen LogP contribution in [-0.2, 0) is 13.0 Å². The van der Waals surface area contributed by atoms with Gasteiger partial charge in [0.05, 0.1) is 24.6 Å². The molecule has 2 aromatic carbocycles. The summed E-state index contributed by atoms with van der Waals surface area (Å²) >= 11 is 0. The zero-order valence-electron chi connectivity index (χ0n) is 16.2. The van der Waals surface area contributed by atoms with Gasteiger partial charge in [-0.1, -0.05) is 36.3 Å². The molecule has 0 spiro atoms. The Balaban J connectivity index is 1.58. The van der Waals surface area contributed by atoms with E-state index in [0.717, 1.165) is 11.3 Å². The summed E-state index contributed by atoms with van der Waals surface area (Å²) in [5.41, 5.74) is 1.57. The molecule has 2 aromatic heterocycles. The third-order valence-corrected chi connectivity index (χ3v) is 4.57. The Morgan fingerprint density at radius 3 is 2.62 bits per heavy atom. The fourth-order valence-corrected chi connectivity index (χ4v) is 3.07. The number of fused-ring (bicyclic) bond motifs is 1. The first-order valence-electron chi connectivity index (χ1n) is 9.31. The minimum atomic E-state index is -0.104. The van der Waals surface area contributed by atoms with Gasteiger partial charge in [0.25, 0.3) is 11.4 Å². The zero-order valence-corrected chi connectivity index (χ0v) is 16.2. The largest absolute Gasteiger partial charge is 0.497 e. The van der Waals surface area contributed by atoms with Crippen LogP contribution in [0.15, 0.2) is 57.8 Å². The van der Waals surface area contributed by atoms with Crippen LogP contribution in [0, 0.1) is 0 Å². The molecule has 0 saturated carbocycles. The zero-order chi connectivity index (χ0) is 20.2. The van der Waals surface area contributed by atoms with Crippen molar-refractivity contribution in [2.75, 3.05) is 7.11 Å². The van der Waals surface area contributed by atoms with Gasteiger partial charge < -0.3 is 9.26 Å². The third kappa shape index (κ3) is 3.94. The smallest absolute Gasteiger partial charge is 0.261 e. The molecule has 0 atom stereocenters. The highest BCUT2D eigenvalue weighted by Gasteiger charge is 2.13. The highest BCUT2D eigenvalue weighted by Crippen LogP contribution is 2.14. The Kier molecular flexibility index (Phi) is 5.20. The molecular formula is C22H20N4O3. The van der Waals surface area contributed by atoms with Crippen molar-refractivity contribution in [1.29, 1.82) is 0 Å². The molecule has 0 radical (unpaired) electrons. The number of nitrogens with zero attached hydrogens (tertiary/aromatic N) is 4. The van der Waals surface area contributed by atoms with Crippen molar-refractivity contribution in [1.82, 2.24) is 19.7 Å². The lowest BCUT2D eigenvalue weighted by Crippen LogP contribution is -2.26. The van der Waals surface area contributed by atoms with Crippen molar-refractivity contribution < 1.29 is 9.26 Å². The van der Waals surface area contributed by atoms with Gasteiger partial charge in [-0.05, 0) is 35.9 Å². The van der Waals surface area contributed by atoms with Crippen LogP contribution in [0.3, 0.4) is 0 Å². The minimum absolute atomic E-state index is 0.104. The molecule has 0 bridgehead atoms. The Labute approximate surface area is 167 Å². The molecular weight excluding hydrogens is 368 g/mol. The first-order chi connectivity index (χ1) is 14.2. The van der Waals surface area contributed by atoms with Gasteiger partial charge in [0.15, 0.2) is 5.82 Å². The molecule has 0 amide bonds. The predicted molar refractivity (Wildman–Crippen MR) is 111 cm³/mol. The molecule has 0 aliphatic heterocycles. The fourth-order valence-electron chi connectivity index (χ4n) is 3.07. The van der Waals surface area contributed by atoms with Crippen LogP contribution in [0.4, 0.5) is 0 Å². The van der Waals surface area contributed by atoms with E-state index in [9.17, 15) is 4.79 Å². The second-order valence-electron chi connectivity index (χ2n) is 6.45. The number of methoxy groups -OCH3 is 1. The summed E-state index contributed by atoms with van der Waals surface area (Å²) in [4.78, 5) is 21.9. The number of hydrogen-bond donors (Lipinski definition) is 0. The standard InChI is InChI=1S/C22H20N4O3/c1-3-20-23-18-7-5-4-6-17(18)22(27)26(20)14-19-24-21(29-25-19)13-10-15-8-11-16(28-2)12-9-15/h4-13H,3,14H2,1-2H3. The Morgan fingerprint density at radius 2 is 1.86 bits per heavy atom. The van der Waals surface area contributed by atoms with Gasteiger partial charge in [-0.15, -0.1) is 0 Å². The third-order valence-electron chi connectivity index (χ3n) is 4.57. The summed E-state index contributed by atoms with van der Waals surface area (Å²) in [5.74, 6) is 2.28. The fraction of sp³-hybridized carbons (Fsp3) is 0.182. The highest BCUT2D eigenvalue weighted by molar-refractivity contribution is 5.77. The molecule has 0 aliphatic rings. The van der Waals surface area contributed by atoms with E-state index < -0.39 is 0 Å². The summed E-state index contributed by atoms with van der Waals surface area (Å²) in [6.45, 7) is 2.17. The number of rotatable bonds is 6. The lowest BCUT2D eigenvalue weighted by Gasteiger charge is -2.10. The van der Waals surface area contributed by atoms with Crippen LogP contribution in [0.2, 0.25) is 0 Å². The normalized spacial score (nSPS) is 11.4. The summed E-state index contributed by atoms with van der Waals surface area (Å²) in [7, 11) is 1.63. The lowest BCUT2D eigenvalue weighted by atomic mass is 10.2. The van der Waals surface area contributed by atoms with Gasteiger partial charge in [-0.2, -0.15) is 4.98 Å². The summed E-state index contributed by atoms with van der Waals surface area (Å²) in [5, 5.41) is 4.58. The lowest BCUT2D eigenvalue weighted by molar-refractivity contribution is 0.400. The molecule has 0 unspecified atom stereocenters. The molecule has 146 valence electrons. The van der Waals surface area contributed by atoms with E-state index in [1.165, 1.54) is 0 Å². The van der Waals surface area contributed by atoms with Gasteiger partial charge in [-0.25, -0.2) is 4.98 Å². The molecule has 7 heteroatoms. The Bertz CT molecular complexity index is 1220. The van der Waals surface area contributed by atoms with Gasteiger partial charge in [-0.3, -0.25) is 9.36 Å². The molecule has 4 aromatic rings. The van der Waals surface area contributed by atoms with Crippen LogP contribution < -0.4 is 10.3 Å². The van der Waals surface area contributed by atoms with E-state index in [4.69, 9.17) is 9.26 Å². The van der Waals surface area contributed by atoms with Crippen molar-refractivity contribution in [2.45, 2.75) is 19.9 Å². The Morgan fingerprint density at radius 1 is 1.07 bits per heavy atom. The second kappa shape index (κ2) is 8.10. The average Bonchev–Trinajstić information content (AvgIpc) is 3.22. The number of para-hydroxylation sites is 1. The van der Waals surface area contributed by atoms with Gasteiger partial charge in [0, 0.05) is 12.5 Å². The average molecular weight is 388 g/mol. The molecule has 2 heterocycles. The van der Waals surface area contributed by atoms with Crippen LogP contribution >= 0.6 is 0 Å². The topological polar surface area (TPSA) is 83.0 Å². The van der Waals surface area contributed by atoms with Crippen molar-refractivity contribution in [3.63, 3.8) is 0 Å². The SMILES string of the molecule is CCc1nc2ccccc2c(=O)n1Cc1noc(C=Cc2ccc(OC)cc2)n1. The second-order valence-corrected chi connectivity index (χ2v) is 6.45. The predicted octanol–water partition coefficient (Wildman–Crippen LogP) is 3.57. The molecule has 0 saturated heterocycles. The van der Waals surface area contributed by atoms with E-state index in [2.05, 4.69) is 15.1 Å². The van der Waals surface area contributed by atoms with Crippen LogP contribution in [0.25, 0.3) is 23.1 Å². The van der Waals surface area contributed by atoms with E-state index in [1.807, 2.05) is 55.5 Å². The van der Waals surface area contributed by atoms with Crippen molar-refractivity contribution in [2.24, 2.45) is 0 Å². The van der Waals surface area contributed by atoms with Crippen molar-refractivity contribution in [3.05, 3.63) is 82.0 Å². The van der Waals surface area contributed by atoms with Crippen molar-refractivity contribution in [3.8, 4) is 5.75 Å². The van der Waals surface area contributed by atoms with Crippen molar-refractivity contribution >= 4 is 23.1 Å². The number of hydrogen-bond acceptors (Lipinski definition) is 6. The summed E-state index contributed by atoms with van der Waals surface area (Å²) < 4.78 is 12.0. The molecule has 4 rings (SSSR count). The van der Waals surface area contributed by atoms with Gasteiger partial charge >= 0.3 is 0 Å². The Hall–Kier alpha value is -3.74. The molecule has 0 aliphatic carbocycles. The van der Waals surface area contributed by atoms with E-state index in [-0.39, 0.29) is 12.1 Å². The molecule has 0 fully saturated rings. The molecule has 29 heavy (non-hydrogen) atoms. The maximum Gasteiger partial charge on any atom is 0.261 e. The number of aromatic nitrogens is 4. The van der Waals surface area contributed by atoms with Crippen LogP contribution in [0.1, 0.15) is 30.0 Å². The quantitative estimate of drug-likeness (QED) is 0.502. The number of aryl methyl sites for hydroxylation is 1. The molecule has 7 nitrogen and oxygen atoms in total. The maximum atomic E-state index is 12.9. The first kappa shape index (κ1) is 18.6. The highest BCUT2D eigenvalue weighted by atomic mass is 16.5. The summed E-state index contributed by atoms with van der Waals surface area (Å²) in [6.07, 6.45) is 4.24. The number of ether oxygens (including phenoxy) is 1. The summed E-state index contributed by atoms with van der Waals surface area (Å²) in [6, 6.07) is 14.9.